The van der Waals surface area contributed by atoms with E-state index in [0.29, 0.717) is 12.1 Å². The zero-order valence-corrected chi connectivity index (χ0v) is 12.8. The van der Waals surface area contributed by atoms with Crippen LogP contribution in [0.15, 0.2) is 18.2 Å². The van der Waals surface area contributed by atoms with Crippen molar-refractivity contribution >= 4 is 0 Å². The Hall–Kier alpha value is -1.26. The summed E-state index contributed by atoms with van der Waals surface area (Å²) in [5.41, 5.74) is 7.29. The number of hydrogen-bond acceptors (Lipinski definition) is 4. The van der Waals surface area contributed by atoms with Gasteiger partial charge < -0.3 is 20.1 Å². The molecular weight excluding hydrogens is 252 g/mol. The summed E-state index contributed by atoms with van der Waals surface area (Å²) in [5, 5.41) is 0. The van der Waals surface area contributed by atoms with Crippen LogP contribution in [0.2, 0.25) is 0 Å². The molecule has 1 heterocycles. The molecule has 0 saturated carbocycles. The van der Waals surface area contributed by atoms with Gasteiger partial charge in [0.15, 0.2) is 11.5 Å². The highest BCUT2D eigenvalue weighted by atomic mass is 16.5. The van der Waals surface area contributed by atoms with Gasteiger partial charge in [-0.25, -0.2) is 0 Å². The lowest BCUT2D eigenvalue weighted by Crippen LogP contribution is -2.46. The molecule has 0 aromatic heterocycles. The molecule has 1 aliphatic heterocycles. The maximum atomic E-state index is 6.01. The molecule has 0 radical (unpaired) electrons. The van der Waals surface area contributed by atoms with Crippen molar-refractivity contribution in [3.05, 3.63) is 23.8 Å². The summed E-state index contributed by atoms with van der Waals surface area (Å²) in [4.78, 5) is 2.53. The van der Waals surface area contributed by atoms with Gasteiger partial charge in [0.2, 0.25) is 0 Å². The first-order valence-corrected chi connectivity index (χ1v) is 7.34. The molecule has 4 heteroatoms. The lowest BCUT2D eigenvalue weighted by atomic mass is 9.98. The predicted octanol–water partition coefficient (Wildman–Crippen LogP) is 2.06. The van der Waals surface area contributed by atoms with Crippen molar-refractivity contribution in [2.75, 3.05) is 27.3 Å². The third-order valence-corrected chi connectivity index (χ3v) is 4.19. The summed E-state index contributed by atoms with van der Waals surface area (Å²) in [5.74, 6) is 1.59. The number of hydrogen-bond donors (Lipinski definition) is 1. The number of rotatable bonds is 5. The Kier molecular flexibility index (Phi) is 5.26. The predicted molar refractivity (Wildman–Crippen MR) is 81.5 cm³/mol. The minimum Gasteiger partial charge on any atom is -0.493 e. The molecule has 1 fully saturated rings. The van der Waals surface area contributed by atoms with E-state index in [-0.39, 0.29) is 0 Å². The molecule has 0 spiro atoms. The van der Waals surface area contributed by atoms with Crippen LogP contribution in [0.5, 0.6) is 11.5 Å². The second-order valence-electron chi connectivity index (χ2n) is 5.61. The average Bonchev–Trinajstić information content (AvgIpc) is 2.46. The molecule has 2 rings (SSSR count). The fraction of sp³-hybridized carbons (Fsp3) is 0.625. The molecule has 0 amide bonds. The van der Waals surface area contributed by atoms with E-state index >= 15 is 0 Å². The van der Waals surface area contributed by atoms with Crippen LogP contribution in [0.1, 0.15) is 25.3 Å². The maximum absolute atomic E-state index is 6.01. The molecule has 1 aliphatic rings. The maximum Gasteiger partial charge on any atom is 0.160 e. The summed E-state index contributed by atoms with van der Waals surface area (Å²) in [6.45, 7) is 4.45. The average molecular weight is 278 g/mol. The summed E-state index contributed by atoms with van der Waals surface area (Å²) in [6, 6.07) is 7.12. The van der Waals surface area contributed by atoms with Crippen LogP contribution < -0.4 is 15.2 Å². The molecule has 2 unspecified atom stereocenters. The fourth-order valence-electron chi connectivity index (χ4n) is 2.90. The number of nitrogens with two attached hydrogens (primary N) is 1. The third kappa shape index (κ3) is 3.64. The van der Waals surface area contributed by atoms with Gasteiger partial charge in [0.05, 0.1) is 14.2 Å². The number of benzene rings is 1. The van der Waals surface area contributed by atoms with Crippen molar-refractivity contribution < 1.29 is 9.47 Å². The Labute approximate surface area is 121 Å². The Balaban J connectivity index is 1.93. The van der Waals surface area contributed by atoms with Crippen LogP contribution in [-0.4, -0.2) is 44.3 Å². The zero-order chi connectivity index (χ0) is 14.5. The van der Waals surface area contributed by atoms with Gasteiger partial charge in [-0.05, 0) is 50.4 Å². The van der Waals surface area contributed by atoms with Crippen LogP contribution in [0.25, 0.3) is 0 Å². The van der Waals surface area contributed by atoms with Crippen molar-refractivity contribution in [1.82, 2.24) is 4.90 Å². The molecule has 1 aromatic carbocycles. The Morgan fingerprint density at radius 3 is 2.65 bits per heavy atom. The Morgan fingerprint density at radius 1 is 1.25 bits per heavy atom. The topological polar surface area (TPSA) is 47.7 Å². The number of methoxy groups -OCH3 is 2. The van der Waals surface area contributed by atoms with E-state index < -0.39 is 0 Å². The van der Waals surface area contributed by atoms with Crippen molar-refractivity contribution in [3.8, 4) is 11.5 Å². The fourth-order valence-corrected chi connectivity index (χ4v) is 2.90. The van der Waals surface area contributed by atoms with Crippen LogP contribution in [0.3, 0.4) is 0 Å². The van der Waals surface area contributed by atoms with Gasteiger partial charge >= 0.3 is 0 Å². The molecule has 112 valence electrons. The zero-order valence-electron chi connectivity index (χ0n) is 12.8. The highest BCUT2D eigenvalue weighted by molar-refractivity contribution is 5.42. The molecular formula is C16H26N2O2. The lowest BCUT2D eigenvalue weighted by molar-refractivity contribution is 0.149. The highest BCUT2D eigenvalue weighted by Gasteiger charge is 2.22. The third-order valence-electron chi connectivity index (χ3n) is 4.19. The molecule has 1 saturated heterocycles. The summed E-state index contributed by atoms with van der Waals surface area (Å²) >= 11 is 0. The lowest BCUT2D eigenvalue weighted by Gasteiger charge is -2.36. The van der Waals surface area contributed by atoms with E-state index in [2.05, 4.69) is 24.0 Å². The van der Waals surface area contributed by atoms with E-state index in [9.17, 15) is 0 Å². The van der Waals surface area contributed by atoms with Crippen molar-refractivity contribution in [1.29, 1.82) is 0 Å². The Bertz CT molecular complexity index is 436. The smallest absolute Gasteiger partial charge is 0.160 e. The SMILES string of the molecule is COc1ccc(CCN2CCC(N)CC2C)cc1OC. The summed E-state index contributed by atoms with van der Waals surface area (Å²) in [6.07, 6.45) is 3.24. The first-order chi connectivity index (χ1) is 9.63. The van der Waals surface area contributed by atoms with Crippen molar-refractivity contribution in [2.45, 2.75) is 38.3 Å². The minimum absolute atomic E-state index is 0.377. The molecule has 20 heavy (non-hydrogen) atoms. The standard InChI is InChI=1S/C16H26N2O2/c1-12-10-14(17)7-9-18(12)8-6-13-4-5-15(19-2)16(11-13)20-3/h4-5,11-12,14H,6-10,17H2,1-3H3. The molecule has 2 N–H and O–H groups in total. The number of likely N-dealkylation sites (tertiary alicyclic amines) is 1. The van der Waals surface area contributed by atoms with E-state index in [1.54, 1.807) is 14.2 Å². The van der Waals surface area contributed by atoms with Gasteiger partial charge in [-0.2, -0.15) is 0 Å². The number of piperidine rings is 1. The normalized spacial score (nSPS) is 23.6. The second kappa shape index (κ2) is 6.95. The van der Waals surface area contributed by atoms with E-state index in [1.807, 2.05) is 6.07 Å². The Morgan fingerprint density at radius 2 is 2.00 bits per heavy atom. The van der Waals surface area contributed by atoms with Crippen LogP contribution in [-0.2, 0) is 6.42 Å². The van der Waals surface area contributed by atoms with Gasteiger partial charge in [-0.3, -0.25) is 0 Å². The molecule has 1 aromatic rings. The summed E-state index contributed by atoms with van der Waals surface area (Å²) < 4.78 is 10.6. The van der Waals surface area contributed by atoms with Crippen LogP contribution in [0, 0.1) is 0 Å². The number of nitrogens with zero attached hydrogens (tertiary/aromatic N) is 1. The quantitative estimate of drug-likeness (QED) is 0.895. The van der Waals surface area contributed by atoms with Gasteiger partial charge in [0.1, 0.15) is 0 Å². The molecule has 0 aliphatic carbocycles. The van der Waals surface area contributed by atoms with E-state index in [1.165, 1.54) is 5.56 Å². The largest absolute Gasteiger partial charge is 0.493 e. The number of ether oxygens (including phenoxy) is 2. The highest BCUT2D eigenvalue weighted by Crippen LogP contribution is 2.28. The van der Waals surface area contributed by atoms with Crippen molar-refractivity contribution in [3.63, 3.8) is 0 Å². The van der Waals surface area contributed by atoms with Crippen LogP contribution in [0.4, 0.5) is 0 Å². The van der Waals surface area contributed by atoms with Gasteiger partial charge in [0.25, 0.3) is 0 Å². The first-order valence-electron chi connectivity index (χ1n) is 7.34. The summed E-state index contributed by atoms with van der Waals surface area (Å²) in [7, 11) is 3.34. The van der Waals surface area contributed by atoms with Gasteiger partial charge in [0, 0.05) is 18.6 Å². The van der Waals surface area contributed by atoms with Crippen molar-refractivity contribution in [2.24, 2.45) is 5.73 Å². The van der Waals surface area contributed by atoms with Gasteiger partial charge in [-0.15, -0.1) is 0 Å². The van der Waals surface area contributed by atoms with E-state index in [4.69, 9.17) is 15.2 Å². The minimum atomic E-state index is 0.377. The monoisotopic (exact) mass is 278 g/mol. The molecule has 4 nitrogen and oxygen atoms in total. The molecule has 0 bridgehead atoms. The van der Waals surface area contributed by atoms with Crippen LogP contribution >= 0.6 is 0 Å². The van der Waals surface area contributed by atoms with E-state index in [0.717, 1.165) is 43.9 Å². The molecule has 2 atom stereocenters. The van der Waals surface area contributed by atoms with Gasteiger partial charge in [-0.1, -0.05) is 6.07 Å². The first kappa shape index (κ1) is 15.1. The second-order valence-corrected chi connectivity index (χ2v) is 5.61.